The van der Waals surface area contributed by atoms with Crippen molar-refractivity contribution in [1.29, 1.82) is 0 Å². The molecule has 6 heteroatoms. The Morgan fingerprint density at radius 2 is 2.05 bits per heavy atom. The summed E-state index contributed by atoms with van der Waals surface area (Å²) in [5, 5.41) is -0.0301. The van der Waals surface area contributed by atoms with E-state index in [0.29, 0.717) is 11.5 Å². The number of thioether (sulfide) groups is 2. The molecule has 0 unspecified atom stereocenters. The summed E-state index contributed by atoms with van der Waals surface area (Å²) in [5.41, 5.74) is 1.43. The predicted octanol–water partition coefficient (Wildman–Crippen LogP) is 5.43. The van der Waals surface area contributed by atoms with Crippen molar-refractivity contribution < 1.29 is 9.21 Å². The zero-order chi connectivity index (χ0) is 15.5. The average molecular weight is 394 g/mol. The molecular weight excluding hydrogens is 382 g/mol. The molecule has 0 fully saturated rings. The second-order valence-electron chi connectivity index (χ2n) is 4.44. The summed E-state index contributed by atoms with van der Waals surface area (Å²) < 4.78 is 7.61. The van der Waals surface area contributed by atoms with Crippen molar-refractivity contribution in [2.24, 2.45) is 4.99 Å². The Balaban J connectivity index is 1.84. The van der Waals surface area contributed by atoms with E-state index in [2.05, 4.69) is 20.9 Å². The van der Waals surface area contributed by atoms with Crippen LogP contribution in [0, 0.1) is 0 Å². The molecule has 0 bridgehead atoms. The second kappa shape index (κ2) is 6.89. The standard InChI is InChI=1S/C16H12BrNO2S2/c1-2-21-16-18-13(15(19)22-16)9-12-7-8-14(20-12)10-3-5-11(17)6-4-10/h3-9H,2H2,1H3/b13-9-. The summed E-state index contributed by atoms with van der Waals surface area (Å²) in [5.74, 6) is 2.30. The van der Waals surface area contributed by atoms with Gasteiger partial charge in [-0.2, -0.15) is 0 Å². The zero-order valence-electron chi connectivity index (χ0n) is 11.7. The van der Waals surface area contributed by atoms with E-state index in [9.17, 15) is 4.79 Å². The fourth-order valence-electron chi connectivity index (χ4n) is 1.91. The third kappa shape index (κ3) is 3.56. The van der Waals surface area contributed by atoms with Crippen molar-refractivity contribution in [3.05, 3.63) is 52.3 Å². The van der Waals surface area contributed by atoms with Crippen molar-refractivity contribution >= 4 is 55.0 Å². The third-order valence-corrected chi connectivity index (χ3v) is 5.32. The Hall–Kier alpha value is -1.24. The van der Waals surface area contributed by atoms with Crippen molar-refractivity contribution in [1.82, 2.24) is 0 Å². The van der Waals surface area contributed by atoms with Gasteiger partial charge in [-0.3, -0.25) is 4.79 Å². The Labute approximate surface area is 145 Å². The number of aliphatic imine (C=N–C) groups is 1. The summed E-state index contributed by atoms with van der Waals surface area (Å²) in [6, 6.07) is 11.6. The minimum Gasteiger partial charge on any atom is -0.457 e. The second-order valence-corrected chi connectivity index (χ2v) is 7.83. The molecule has 0 atom stereocenters. The van der Waals surface area contributed by atoms with E-state index < -0.39 is 0 Å². The molecule has 0 amide bonds. The van der Waals surface area contributed by atoms with Crippen LogP contribution in [-0.2, 0) is 4.79 Å². The van der Waals surface area contributed by atoms with Crippen LogP contribution in [0.1, 0.15) is 12.7 Å². The van der Waals surface area contributed by atoms with Crippen molar-refractivity contribution in [3.8, 4) is 11.3 Å². The van der Waals surface area contributed by atoms with E-state index in [-0.39, 0.29) is 5.12 Å². The number of carbonyl (C=O) groups excluding carboxylic acids is 1. The first-order valence-electron chi connectivity index (χ1n) is 6.67. The highest BCUT2D eigenvalue weighted by Gasteiger charge is 2.22. The highest BCUT2D eigenvalue weighted by Crippen LogP contribution is 2.32. The summed E-state index contributed by atoms with van der Waals surface area (Å²) in [6.45, 7) is 2.04. The van der Waals surface area contributed by atoms with Crippen LogP contribution >= 0.6 is 39.5 Å². The lowest BCUT2D eigenvalue weighted by Crippen LogP contribution is -1.87. The average Bonchev–Trinajstić information content (AvgIpc) is 3.08. The molecule has 0 saturated heterocycles. The summed E-state index contributed by atoms with van der Waals surface area (Å²) in [7, 11) is 0. The van der Waals surface area contributed by atoms with Crippen LogP contribution in [0.3, 0.4) is 0 Å². The molecule has 0 spiro atoms. The molecule has 1 aromatic carbocycles. The SMILES string of the molecule is CCSC1=N/C(=C\c2ccc(-c3ccc(Br)cc3)o2)C(=O)S1. The normalized spacial score (nSPS) is 16.4. The molecule has 0 N–H and O–H groups in total. The molecule has 1 aliphatic heterocycles. The first-order chi connectivity index (χ1) is 10.7. The summed E-state index contributed by atoms with van der Waals surface area (Å²) in [4.78, 5) is 16.2. The van der Waals surface area contributed by atoms with E-state index in [0.717, 1.165) is 25.9 Å². The minimum atomic E-state index is -0.0301. The monoisotopic (exact) mass is 393 g/mol. The van der Waals surface area contributed by atoms with Gasteiger partial charge in [-0.25, -0.2) is 4.99 Å². The van der Waals surface area contributed by atoms with Crippen LogP contribution < -0.4 is 0 Å². The van der Waals surface area contributed by atoms with Gasteiger partial charge in [-0.1, -0.05) is 46.7 Å². The zero-order valence-corrected chi connectivity index (χ0v) is 14.9. The molecule has 2 heterocycles. The number of hydrogen-bond donors (Lipinski definition) is 0. The Bertz CT molecular complexity index is 763. The van der Waals surface area contributed by atoms with Crippen molar-refractivity contribution in [3.63, 3.8) is 0 Å². The molecule has 0 aliphatic carbocycles. The molecule has 22 heavy (non-hydrogen) atoms. The van der Waals surface area contributed by atoms with E-state index >= 15 is 0 Å². The topological polar surface area (TPSA) is 42.6 Å². The maximum Gasteiger partial charge on any atom is 0.244 e. The van der Waals surface area contributed by atoms with E-state index in [1.165, 1.54) is 11.8 Å². The smallest absolute Gasteiger partial charge is 0.244 e. The van der Waals surface area contributed by atoms with E-state index in [4.69, 9.17) is 4.42 Å². The summed E-state index contributed by atoms with van der Waals surface area (Å²) in [6.07, 6.45) is 1.70. The Morgan fingerprint density at radius 3 is 2.77 bits per heavy atom. The largest absolute Gasteiger partial charge is 0.457 e. The molecule has 0 radical (unpaired) electrons. The number of rotatable bonds is 3. The van der Waals surface area contributed by atoms with Gasteiger partial charge in [-0.05, 0) is 41.8 Å². The number of hydrogen-bond acceptors (Lipinski definition) is 5. The summed E-state index contributed by atoms with van der Waals surface area (Å²) >= 11 is 6.17. The maximum absolute atomic E-state index is 11.9. The van der Waals surface area contributed by atoms with Gasteiger partial charge >= 0.3 is 0 Å². The number of halogens is 1. The molecule has 0 saturated carbocycles. The first kappa shape index (κ1) is 15.6. The van der Waals surface area contributed by atoms with Crippen LogP contribution in [0.5, 0.6) is 0 Å². The molecule has 2 aromatic rings. The predicted molar refractivity (Wildman–Crippen MR) is 98.0 cm³/mol. The Morgan fingerprint density at radius 1 is 1.27 bits per heavy atom. The van der Waals surface area contributed by atoms with Crippen LogP contribution in [0.4, 0.5) is 0 Å². The van der Waals surface area contributed by atoms with Crippen LogP contribution in [0.25, 0.3) is 17.4 Å². The van der Waals surface area contributed by atoms with E-state index in [1.807, 2.05) is 43.3 Å². The number of nitrogens with zero attached hydrogens (tertiary/aromatic N) is 1. The van der Waals surface area contributed by atoms with Gasteiger partial charge in [0.05, 0.1) is 0 Å². The quantitative estimate of drug-likeness (QED) is 0.651. The molecule has 1 aromatic heterocycles. The Kier molecular flexibility index (Phi) is 4.90. The fraction of sp³-hybridized carbons (Fsp3) is 0.125. The fourth-order valence-corrected chi connectivity index (χ4v) is 3.91. The van der Waals surface area contributed by atoms with Crippen LogP contribution in [0.2, 0.25) is 0 Å². The minimum absolute atomic E-state index is 0.0301. The lowest BCUT2D eigenvalue weighted by Gasteiger charge is -1.96. The van der Waals surface area contributed by atoms with Gasteiger partial charge in [-0.15, -0.1) is 0 Å². The van der Waals surface area contributed by atoms with Crippen LogP contribution in [0.15, 0.2) is 56.0 Å². The lowest BCUT2D eigenvalue weighted by molar-refractivity contribution is -0.107. The highest BCUT2D eigenvalue weighted by molar-refractivity contribution is 9.10. The first-order valence-corrected chi connectivity index (χ1v) is 9.26. The van der Waals surface area contributed by atoms with Gasteiger partial charge in [0.25, 0.3) is 0 Å². The molecule has 3 nitrogen and oxygen atoms in total. The highest BCUT2D eigenvalue weighted by atomic mass is 79.9. The van der Waals surface area contributed by atoms with Gasteiger partial charge in [0, 0.05) is 16.1 Å². The maximum atomic E-state index is 11.9. The molecule has 1 aliphatic rings. The third-order valence-electron chi connectivity index (χ3n) is 2.90. The molecular formula is C16H12BrNO2S2. The van der Waals surface area contributed by atoms with Gasteiger partial charge in [0.1, 0.15) is 21.6 Å². The van der Waals surface area contributed by atoms with Crippen molar-refractivity contribution in [2.45, 2.75) is 6.92 Å². The number of furan rings is 1. The molecule has 3 rings (SSSR count). The van der Waals surface area contributed by atoms with Gasteiger partial charge < -0.3 is 4.42 Å². The molecule has 112 valence electrons. The lowest BCUT2D eigenvalue weighted by atomic mass is 10.2. The van der Waals surface area contributed by atoms with Crippen LogP contribution in [-0.4, -0.2) is 15.2 Å². The number of carbonyl (C=O) groups is 1. The van der Waals surface area contributed by atoms with Gasteiger partial charge in [0.2, 0.25) is 5.12 Å². The van der Waals surface area contributed by atoms with Crippen molar-refractivity contribution in [2.75, 3.05) is 5.75 Å². The van der Waals surface area contributed by atoms with E-state index in [1.54, 1.807) is 17.8 Å². The van der Waals surface area contributed by atoms with Gasteiger partial charge in [0.15, 0.2) is 0 Å². The number of benzene rings is 1.